The fourth-order valence-electron chi connectivity index (χ4n) is 9.75. The van der Waals surface area contributed by atoms with Crippen molar-refractivity contribution < 1.29 is 179 Å². The maximum absolute atomic E-state index is 11.2. The van der Waals surface area contributed by atoms with Crippen molar-refractivity contribution in [1.29, 1.82) is 0 Å². The first kappa shape index (κ1) is 64.1. The minimum absolute atomic E-state index is 0.737. The van der Waals surface area contributed by atoms with Gasteiger partial charge in [-0.25, -0.2) is 0 Å². The lowest BCUT2D eigenvalue weighted by atomic mass is 9.96. The predicted octanol–water partition coefficient (Wildman–Crippen LogP) is -16.3. The van der Waals surface area contributed by atoms with E-state index in [-0.39, 0.29) is 0 Å². The summed E-state index contributed by atoms with van der Waals surface area (Å²) < 4.78 is 71.7. The molecule has 7 rings (SSSR count). The second kappa shape index (κ2) is 27.1. The zero-order chi connectivity index (χ0) is 57.4. The Morgan fingerprint density at radius 3 is 0.987 bits per heavy atom. The monoisotopic (exact) mass is 1150 g/mol. The van der Waals surface area contributed by atoms with E-state index < -0.39 is 261 Å². The molecule has 7 aliphatic heterocycles. The second-order valence-electron chi connectivity index (χ2n) is 19.7. The zero-order valence-corrected chi connectivity index (χ0v) is 40.8. The van der Waals surface area contributed by atoms with Gasteiger partial charge in [0.15, 0.2) is 37.7 Å². The molecule has 7 saturated heterocycles. The molecule has 78 heavy (non-hydrogen) atoms. The molecule has 0 radical (unpaired) electrons. The quantitative estimate of drug-likeness (QED) is 0.0538. The molecule has 0 aromatic heterocycles. The lowest BCUT2D eigenvalue weighted by Gasteiger charge is -2.48. The molecule has 36 nitrogen and oxygen atoms in total. The van der Waals surface area contributed by atoms with Crippen LogP contribution in [-0.2, 0) is 61.6 Å². The molecular formula is C42H72O36. The van der Waals surface area contributed by atoms with Crippen molar-refractivity contribution in [2.24, 2.45) is 0 Å². The molecule has 0 amide bonds. The van der Waals surface area contributed by atoms with Gasteiger partial charge in [-0.2, -0.15) is 0 Å². The molecular weight excluding hydrogens is 1080 g/mol. The van der Waals surface area contributed by atoms with E-state index in [1.807, 2.05) is 0 Å². The van der Waals surface area contributed by atoms with Gasteiger partial charge in [0.2, 0.25) is 5.79 Å². The van der Waals surface area contributed by atoms with Gasteiger partial charge in [-0.1, -0.05) is 0 Å². The number of hydrogen-bond acceptors (Lipinski definition) is 36. The van der Waals surface area contributed by atoms with E-state index in [4.69, 9.17) is 61.6 Å². The van der Waals surface area contributed by atoms with Crippen LogP contribution >= 0.6 is 0 Å². The van der Waals surface area contributed by atoms with Crippen LogP contribution in [0.15, 0.2) is 0 Å². The Morgan fingerprint density at radius 1 is 0.282 bits per heavy atom. The molecule has 0 aromatic carbocycles. The number of ether oxygens (including phenoxy) is 13. The molecule has 0 aliphatic carbocycles. The van der Waals surface area contributed by atoms with Crippen LogP contribution in [0.2, 0.25) is 0 Å². The fraction of sp³-hybridized carbons (Fsp3) is 1.00. The van der Waals surface area contributed by atoms with E-state index in [0.717, 1.165) is 0 Å². The van der Waals surface area contributed by atoms with Crippen molar-refractivity contribution in [3.05, 3.63) is 0 Å². The van der Waals surface area contributed by atoms with Gasteiger partial charge in [0.05, 0.1) is 46.2 Å². The summed E-state index contributed by atoms with van der Waals surface area (Å²) in [5.41, 5.74) is 0. The van der Waals surface area contributed by atoms with Gasteiger partial charge in [-0.15, -0.1) is 0 Å². The number of aliphatic hydroxyl groups is 23. The van der Waals surface area contributed by atoms with Crippen LogP contribution in [-0.4, -0.2) is 379 Å². The van der Waals surface area contributed by atoms with Crippen molar-refractivity contribution in [2.75, 3.05) is 52.9 Å². The van der Waals surface area contributed by atoms with Gasteiger partial charge in [0.1, 0.15) is 171 Å². The van der Waals surface area contributed by atoms with E-state index in [1.54, 1.807) is 0 Å². The predicted molar refractivity (Wildman–Crippen MR) is 232 cm³/mol. The highest BCUT2D eigenvalue weighted by atomic mass is 16.8. The topological polar surface area (TPSA) is 585 Å². The minimum Gasteiger partial charge on any atom is -0.394 e. The van der Waals surface area contributed by atoms with Crippen molar-refractivity contribution >= 4 is 0 Å². The Hall–Kier alpha value is -1.44. The molecule has 0 unspecified atom stereocenters. The SMILES string of the molecule is OC[C@H]1O[C@H](OC[C@H]2O[C@H](OC[C@H]3O[C@H](O[C@]4(CO)O[C@H](CO[C@@H]5O[C@H](CO)[C@@H](O[C@@H]6O[C@H](CO)[C@@H](O[C@@H]7O[C@H](CO)[C@@H](O)[C@H](O)[C@H]7O)[C@H](O)[C@H]6O)[C@H](O)[C@H]5O)[C@@H](O)[C@@H]4O)[C@H](O)[C@@H](O)[C@@H]3O)[C@H](O)[C@@H](O)[C@H]2O)[C@H](O)[C@@H](O)[C@H]1O. The van der Waals surface area contributed by atoms with Gasteiger partial charge < -0.3 is 179 Å². The van der Waals surface area contributed by atoms with Crippen LogP contribution in [0.5, 0.6) is 0 Å². The van der Waals surface area contributed by atoms with E-state index in [0.29, 0.717) is 0 Å². The molecule has 7 aliphatic rings. The largest absolute Gasteiger partial charge is 0.394 e. The Bertz CT molecular complexity index is 1830. The van der Waals surface area contributed by atoms with Crippen LogP contribution < -0.4 is 0 Å². The molecule has 36 heteroatoms. The van der Waals surface area contributed by atoms with Crippen molar-refractivity contribution in [2.45, 2.75) is 208 Å². The Morgan fingerprint density at radius 2 is 0.577 bits per heavy atom. The van der Waals surface area contributed by atoms with Crippen LogP contribution in [0.3, 0.4) is 0 Å². The van der Waals surface area contributed by atoms with Crippen LogP contribution in [0.4, 0.5) is 0 Å². The van der Waals surface area contributed by atoms with Gasteiger partial charge in [-0.3, -0.25) is 0 Å². The summed E-state index contributed by atoms with van der Waals surface area (Å²) >= 11 is 0. The average Bonchev–Trinajstić information content (AvgIpc) is 3.73. The summed E-state index contributed by atoms with van der Waals surface area (Å²) in [4.78, 5) is 0. The zero-order valence-electron chi connectivity index (χ0n) is 40.8. The van der Waals surface area contributed by atoms with Crippen molar-refractivity contribution in [3.63, 3.8) is 0 Å². The first-order valence-corrected chi connectivity index (χ1v) is 24.6. The van der Waals surface area contributed by atoms with E-state index in [1.165, 1.54) is 0 Å². The van der Waals surface area contributed by atoms with Crippen molar-refractivity contribution in [1.82, 2.24) is 0 Å². The Balaban J connectivity index is 0.930. The van der Waals surface area contributed by atoms with Gasteiger partial charge in [0, 0.05) is 0 Å². The molecule has 7 heterocycles. The molecule has 7 fully saturated rings. The van der Waals surface area contributed by atoms with E-state index in [9.17, 15) is 117 Å². The smallest absolute Gasteiger partial charge is 0.224 e. The molecule has 456 valence electrons. The van der Waals surface area contributed by atoms with Crippen molar-refractivity contribution in [3.8, 4) is 0 Å². The third-order valence-corrected chi connectivity index (χ3v) is 14.6. The standard InChI is InChI=1S/C42H72O36/c43-1-9-16(48)21(53)27(59)36(69-9)66-5-13-18(50)23(55)28(60)37(73-13)67-6-14-19(51)24(56)30(62)41(74-14)78-42(8-47)35(65)20(52)15(77-42)7-68-38-31(63)25(57)33(11(3-45)71-38)76-40-32(64)26(58)34(12(4-46)72-40)75-39-29(61)22(54)17(49)10(2-44)70-39/h9-41,43-65H,1-8H2/t9-,10-,11-,12-,13-,14-,15-,16+,17-,18+,19-,20-,21+,22+,23+,24+,25-,26-,27-,28-,29-,30-,31-,32-,33-,34-,35+,36+,37+,38-,39+,40+,41-,42+/m1/s1. The highest BCUT2D eigenvalue weighted by molar-refractivity contribution is 5.01. The second-order valence-corrected chi connectivity index (χ2v) is 19.7. The summed E-state index contributed by atoms with van der Waals surface area (Å²) in [5.74, 6) is -2.75. The maximum Gasteiger partial charge on any atom is 0.224 e. The van der Waals surface area contributed by atoms with Crippen LogP contribution in [0.1, 0.15) is 0 Å². The molecule has 0 spiro atoms. The summed E-state index contributed by atoms with van der Waals surface area (Å²) in [6.07, 6.45) is -62.3. The normalized spacial score (nSPS) is 53.3. The molecule has 0 saturated carbocycles. The fourth-order valence-corrected chi connectivity index (χ4v) is 9.75. The summed E-state index contributed by atoms with van der Waals surface area (Å²) in [7, 11) is 0. The highest BCUT2D eigenvalue weighted by Gasteiger charge is 2.60. The van der Waals surface area contributed by atoms with Gasteiger partial charge in [0.25, 0.3) is 0 Å². The summed E-state index contributed by atoms with van der Waals surface area (Å²) in [5, 5.41) is 242. The van der Waals surface area contributed by atoms with E-state index in [2.05, 4.69) is 0 Å². The highest BCUT2D eigenvalue weighted by Crippen LogP contribution is 2.38. The first-order valence-electron chi connectivity index (χ1n) is 24.6. The molecule has 34 atom stereocenters. The maximum atomic E-state index is 11.2. The van der Waals surface area contributed by atoms with Crippen LogP contribution in [0, 0.1) is 0 Å². The molecule has 0 bridgehead atoms. The lowest BCUT2D eigenvalue weighted by molar-refractivity contribution is -0.391. The summed E-state index contributed by atoms with van der Waals surface area (Å²) in [6, 6.07) is 0. The van der Waals surface area contributed by atoms with Gasteiger partial charge >= 0.3 is 0 Å². The van der Waals surface area contributed by atoms with Crippen LogP contribution in [0.25, 0.3) is 0 Å². The molecule has 23 N–H and O–H groups in total. The number of hydrogen-bond donors (Lipinski definition) is 23. The number of rotatable bonds is 20. The average molecular weight is 1150 g/mol. The Labute approximate surface area is 439 Å². The lowest BCUT2D eigenvalue weighted by Crippen LogP contribution is -2.66. The van der Waals surface area contributed by atoms with Gasteiger partial charge in [-0.05, 0) is 0 Å². The third-order valence-electron chi connectivity index (χ3n) is 14.6. The number of aliphatic hydroxyl groups excluding tert-OH is 23. The van der Waals surface area contributed by atoms with E-state index >= 15 is 0 Å². The minimum atomic E-state index is -2.75. The first-order chi connectivity index (χ1) is 36.9. The third kappa shape index (κ3) is 12.9. The Kier molecular flexibility index (Phi) is 22.3. The molecule has 0 aromatic rings. The summed E-state index contributed by atoms with van der Waals surface area (Å²) in [6.45, 7) is -7.46.